The van der Waals surface area contributed by atoms with Gasteiger partial charge in [-0.1, -0.05) is 203 Å². The molecule has 71 heavy (non-hydrogen) atoms. The maximum Gasteiger partial charge on any atom is 0.416 e. The Labute approximate surface area is 454 Å². The first-order valence-corrected chi connectivity index (χ1v) is 24.4. The second-order valence-electron chi connectivity index (χ2n) is 15.5. The lowest BCUT2D eigenvalue weighted by atomic mass is 10.1. The minimum absolute atomic E-state index is 0.132. The first kappa shape index (κ1) is 64.3. The van der Waals surface area contributed by atoms with E-state index in [-0.39, 0.29) is 11.4 Å². The van der Waals surface area contributed by atoms with Crippen LogP contribution in [0.15, 0.2) is 176 Å². The fourth-order valence-corrected chi connectivity index (χ4v) is 6.49. The SMILES string of the molecule is COc1ccccc1C.Cc1c(Cl)cccc1Cl.Cc1ccc(Cl)cc1Cl.Cc1cccc(Cl)c1Cl.Cc1ccccc1C.Cc1ccccc1C(F)(F)F.Cc1ccccc1Cl.Cc1ccccc1F. The van der Waals surface area contributed by atoms with Crippen molar-refractivity contribution in [3.63, 3.8) is 0 Å². The Kier molecular flexibility index (Phi) is 31.4. The van der Waals surface area contributed by atoms with Crippen LogP contribution < -0.4 is 4.74 Å². The Hall–Kier alpha value is -4.69. The third-order valence-electron chi connectivity index (χ3n) is 9.82. The summed E-state index contributed by atoms with van der Waals surface area (Å²) in [4.78, 5) is 0. The van der Waals surface area contributed by atoms with Crippen LogP contribution in [-0.2, 0) is 6.18 Å². The topological polar surface area (TPSA) is 9.23 Å². The van der Waals surface area contributed by atoms with Crippen molar-refractivity contribution in [2.75, 3.05) is 7.11 Å². The Morgan fingerprint density at radius 1 is 0.352 bits per heavy atom. The molecule has 0 amide bonds. The molecule has 8 rings (SSSR count). The fraction of sp³-hybridized carbons (Fsp3) is 0.186. The van der Waals surface area contributed by atoms with Crippen LogP contribution >= 0.6 is 81.2 Å². The summed E-state index contributed by atoms with van der Waals surface area (Å²) in [7, 11) is 1.68. The van der Waals surface area contributed by atoms with Crippen molar-refractivity contribution in [1.82, 2.24) is 0 Å². The molecular weight excluding hydrogens is 1050 g/mol. The summed E-state index contributed by atoms with van der Waals surface area (Å²) in [5.41, 5.74) is 8.48. The fourth-order valence-electron chi connectivity index (χ4n) is 5.20. The largest absolute Gasteiger partial charge is 0.496 e. The van der Waals surface area contributed by atoms with Crippen molar-refractivity contribution in [3.8, 4) is 5.75 Å². The van der Waals surface area contributed by atoms with Crippen molar-refractivity contribution in [3.05, 3.63) is 273 Å². The predicted molar refractivity (Wildman–Crippen MR) is 301 cm³/mol. The average Bonchev–Trinajstić information content (AvgIpc) is 3.33. The van der Waals surface area contributed by atoms with Crippen LogP contribution in [0.1, 0.15) is 55.6 Å². The maximum absolute atomic E-state index is 12.3. The molecule has 1 nitrogen and oxygen atoms in total. The highest BCUT2D eigenvalue weighted by Gasteiger charge is 2.31. The molecule has 0 spiro atoms. The van der Waals surface area contributed by atoms with Crippen LogP contribution in [0.25, 0.3) is 0 Å². The number of para-hydroxylation sites is 1. The molecule has 0 aliphatic rings. The van der Waals surface area contributed by atoms with Gasteiger partial charge in [0.25, 0.3) is 0 Å². The highest BCUT2D eigenvalue weighted by molar-refractivity contribution is 6.42. The van der Waals surface area contributed by atoms with E-state index in [1.165, 1.54) is 41.8 Å². The van der Waals surface area contributed by atoms with Crippen molar-refractivity contribution in [2.24, 2.45) is 0 Å². The normalized spacial score (nSPS) is 9.76. The van der Waals surface area contributed by atoms with Gasteiger partial charge in [0.2, 0.25) is 0 Å². The maximum atomic E-state index is 12.3. The molecule has 0 saturated carbocycles. The van der Waals surface area contributed by atoms with Crippen LogP contribution in [0.2, 0.25) is 35.2 Å². The van der Waals surface area contributed by atoms with E-state index in [9.17, 15) is 17.6 Å². The van der Waals surface area contributed by atoms with E-state index >= 15 is 0 Å². The molecule has 0 aliphatic heterocycles. The summed E-state index contributed by atoms with van der Waals surface area (Å²) < 4.78 is 53.5. The van der Waals surface area contributed by atoms with Gasteiger partial charge in [-0.15, -0.1) is 0 Å². The van der Waals surface area contributed by atoms with Crippen LogP contribution in [0.4, 0.5) is 17.6 Å². The molecule has 0 bridgehead atoms. The van der Waals surface area contributed by atoms with Crippen molar-refractivity contribution >= 4 is 81.2 Å². The van der Waals surface area contributed by atoms with Gasteiger partial charge in [0.15, 0.2) is 0 Å². The zero-order valence-electron chi connectivity index (χ0n) is 41.3. The van der Waals surface area contributed by atoms with E-state index in [4.69, 9.17) is 85.9 Å². The molecule has 8 aromatic rings. The number of alkyl halides is 3. The zero-order valence-corrected chi connectivity index (χ0v) is 46.6. The van der Waals surface area contributed by atoms with Gasteiger partial charge in [0.1, 0.15) is 11.6 Å². The van der Waals surface area contributed by atoms with Crippen LogP contribution in [-0.4, -0.2) is 7.11 Å². The van der Waals surface area contributed by atoms with E-state index in [1.807, 2.05) is 132 Å². The number of halogens is 11. The summed E-state index contributed by atoms with van der Waals surface area (Å²) in [5.74, 6) is 0.824. The first-order valence-electron chi connectivity index (χ1n) is 21.8. The smallest absolute Gasteiger partial charge is 0.416 e. The molecule has 0 saturated heterocycles. The Balaban J connectivity index is 0.000000406. The van der Waals surface area contributed by atoms with Crippen LogP contribution in [0.3, 0.4) is 0 Å². The number of methoxy groups -OCH3 is 1. The lowest BCUT2D eigenvalue weighted by Crippen LogP contribution is -2.06. The summed E-state index contributed by atoms with van der Waals surface area (Å²) in [6, 6.07) is 52.8. The monoisotopic (exact) mass is 1100 g/mol. The molecule has 0 aromatic heterocycles. The molecule has 0 aliphatic carbocycles. The number of aryl methyl sites for hydroxylation is 8. The third-order valence-corrected chi connectivity index (χ3v) is 12.6. The van der Waals surface area contributed by atoms with Crippen molar-refractivity contribution in [2.45, 2.75) is 68.5 Å². The van der Waals surface area contributed by atoms with E-state index in [0.717, 1.165) is 54.2 Å². The number of rotatable bonds is 1. The number of hydrogen-bond acceptors (Lipinski definition) is 1. The Morgan fingerprint density at radius 3 is 1.07 bits per heavy atom. The quantitative estimate of drug-likeness (QED) is 0.149. The zero-order chi connectivity index (χ0) is 53.7. The predicted octanol–water partition coefficient (Wildman–Crippen LogP) is 22.0. The van der Waals surface area contributed by atoms with Gasteiger partial charge in [0.05, 0.1) is 22.7 Å². The molecular formula is C59H59Cl7F4O. The van der Waals surface area contributed by atoms with Gasteiger partial charge in [-0.25, -0.2) is 4.39 Å². The van der Waals surface area contributed by atoms with Gasteiger partial charge in [-0.3, -0.25) is 0 Å². The van der Waals surface area contributed by atoms with Gasteiger partial charge >= 0.3 is 6.18 Å². The molecule has 8 aromatic carbocycles. The van der Waals surface area contributed by atoms with Gasteiger partial charge in [-0.2, -0.15) is 13.2 Å². The highest BCUT2D eigenvalue weighted by Crippen LogP contribution is 2.31. The van der Waals surface area contributed by atoms with Crippen molar-refractivity contribution in [1.29, 1.82) is 0 Å². The second kappa shape index (κ2) is 34.6. The third kappa shape index (κ3) is 26.5. The lowest BCUT2D eigenvalue weighted by molar-refractivity contribution is -0.138. The molecule has 0 radical (unpaired) electrons. The van der Waals surface area contributed by atoms with Crippen molar-refractivity contribution < 1.29 is 22.3 Å². The average molecular weight is 1110 g/mol. The summed E-state index contributed by atoms with van der Waals surface area (Å²) in [6.07, 6.45) is -4.22. The molecule has 0 atom stereocenters. The van der Waals surface area contributed by atoms with Crippen LogP contribution in [0, 0.1) is 68.1 Å². The number of benzene rings is 8. The standard InChI is InChI=1S/C8H7F3.C8H10O.C8H10.3C7H6Cl2.C7H7Cl.C7H7F/c1-6-4-2-3-5-7(6)8(9,10)11;1-7-5-3-4-6-8(7)9-2;1-7-5-3-4-6-8(7)2;1-5-2-3-6(8)4-7(5)9;1-5-6(8)3-2-4-7(5)9;1-5-3-2-4-6(8)7(5)9;2*1-6-4-2-3-5-7(6)8/h2-5H,1H3;3-6H,1-2H3;3-6H,1-2H3;3*2-4H,1H3;2*2-5H,1H3. The lowest BCUT2D eigenvalue weighted by Gasteiger charge is -2.08. The minimum Gasteiger partial charge on any atom is -0.496 e. The second-order valence-corrected chi connectivity index (χ2v) is 18.3. The molecule has 0 unspecified atom stereocenters. The van der Waals surface area contributed by atoms with Gasteiger partial charge in [0, 0.05) is 25.1 Å². The molecule has 0 heterocycles. The highest BCUT2D eigenvalue weighted by atomic mass is 35.5. The first-order chi connectivity index (χ1) is 33.4. The van der Waals surface area contributed by atoms with E-state index in [2.05, 4.69) is 38.1 Å². The summed E-state index contributed by atoms with van der Waals surface area (Å²) >= 11 is 40.0. The molecule has 0 N–H and O–H groups in total. The van der Waals surface area contributed by atoms with Gasteiger partial charge in [-0.05, 0) is 167 Å². The Bertz CT molecular complexity index is 2540. The number of ether oxygens (including phenoxy) is 1. The number of hydrogen-bond donors (Lipinski definition) is 0. The Morgan fingerprint density at radius 2 is 0.746 bits per heavy atom. The van der Waals surface area contributed by atoms with E-state index < -0.39 is 11.7 Å². The summed E-state index contributed by atoms with van der Waals surface area (Å²) in [6.45, 7) is 17.2. The molecule has 12 heteroatoms. The van der Waals surface area contributed by atoms with Crippen LogP contribution in [0.5, 0.6) is 5.75 Å². The molecule has 0 fully saturated rings. The van der Waals surface area contributed by atoms with E-state index in [0.29, 0.717) is 20.6 Å². The van der Waals surface area contributed by atoms with E-state index in [1.54, 1.807) is 44.4 Å². The minimum atomic E-state index is -4.22. The molecule has 378 valence electrons. The summed E-state index contributed by atoms with van der Waals surface area (Å²) in [5, 5.41) is 4.97. The van der Waals surface area contributed by atoms with Gasteiger partial charge < -0.3 is 4.74 Å².